The monoisotopic (exact) mass is 307 g/mol. The number of anilines is 1. The number of benzene rings is 1. The van der Waals surface area contributed by atoms with Crippen molar-refractivity contribution >= 4 is 23.4 Å². The van der Waals surface area contributed by atoms with Gasteiger partial charge in [0.2, 0.25) is 17.9 Å². The van der Waals surface area contributed by atoms with E-state index < -0.39 is 0 Å². The predicted molar refractivity (Wildman–Crippen MR) is 75.3 cm³/mol. The van der Waals surface area contributed by atoms with Gasteiger partial charge >= 0.3 is 0 Å². The molecule has 1 amide bonds. The fraction of sp³-hybridized carbons (Fsp3) is 0.333. The number of nitrogens with one attached hydrogen (secondary N) is 1. The van der Waals surface area contributed by atoms with E-state index in [0.29, 0.717) is 34.5 Å². The molecule has 0 bridgehead atoms. The van der Waals surface area contributed by atoms with Gasteiger partial charge in [0.25, 0.3) is 0 Å². The van der Waals surface area contributed by atoms with Crippen LogP contribution >= 0.6 is 11.8 Å². The van der Waals surface area contributed by atoms with Crippen LogP contribution in [0.15, 0.2) is 23.4 Å². The summed E-state index contributed by atoms with van der Waals surface area (Å²) in [6.45, 7) is 0.217. The number of aromatic nitrogens is 4. The van der Waals surface area contributed by atoms with Crippen molar-refractivity contribution in [3.8, 4) is 11.5 Å². The lowest BCUT2D eigenvalue weighted by Crippen LogP contribution is -2.12. The molecule has 8 nitrogen and oxygen atoms in total. The van der Waals surface area contributed by atoms with Gasteiger partial charge in [-0.25, -0.2) is 4.68 Å². The molecular weight excluding hydrogens is 294 g/mol. The van der Waals surface area contributed by atoms with Gasteiger partial charge in [-0.05, 0) is 22.6 Å². The zero-order valence-electron chi connectivity index (χ0n) is 11.3. The third-order valence-electron chi connectivity index (χ3n) is 2.80. The van der Waals surface area contributed by atoms with Gasteiger partial charge in [0.1, 0.15) is 0 Å². The topological polar surface area (TPSA) is 91.2 Å². The minimum atomic E-state index is -0.0727. The number of amides is 1. The summed E-state index contributed by atoms with van der Waals surface area (Å²) in [5.41, 5.74) is 0.689. The summed E-state index contributed by atoms with van der Waals surface area (Å²) in [5.74, 6) is 1.87. The highest BCUT2D eigenvalue weighted by Crippen LogP contribution is 2.34. The third kappa shape index (κ3) is 3.24. The number of ether oxygens (including phenoxy) is 2. The van der Waals surface area contributed by atoms with Crippen LogP contribution in [-0.2, 0) is 11.8 Å². The maximum absolute atomic E-state index is 11.9. The molecular formula is C12H13N5O3S. The van der Waals surface area contributed by atoms with Crippen molar-refractivity contribution < 1.29 is 14.3 Å². The van der Waals surface area contributed by atoms with E-state index in [1.807, 2.05) is 0 Å². The van der Waals surface area contributed by atoms with Crippen molar-refractivity contribution in [3.63, 3.8) is 0 Å². The van der Waals surface area contributed by atoms with Crippen molar-refractivity contribution in [2.75, 3.05) is 17.9 Å². The zero-order valence-corrected chi connectivity index (χ0v) is 12.1. The Morgan fingerprint density at radius 3 is 3.10 bits per heavy atom. The molecule has 1 N–H and O–H groups in total. The molecule has 1 aliphatic heterocycles. The number of nitrogens with zero attached hydrogens (tertiary/aromatic N) is 4. The average Bonchev–Trinajstić information content (AvgIpc) is 3.07. The van der Waals surface area contributed by atoms with Crippen molar-refractivity contribution in [2.45, 2.75) is 11.6 Å². The summed E-state index contributed by atoms with van der Waals surface area (Å²) in [6, 6.07) is 5.31. The summed E-state index contributed by atoms with van der Waals surface area (Å²) in [4.78, 5) is 11.9. The number of tetrazole rings is 1. The second kappa shape index (κ2) is 6.00. The number of thioether (sulfide) groups is 1. The first kappa shape index (κ1) is 13.7. The summed E-state index contributed by atoms with van der Waals surface area (Å²) >= 11 is 1.43. The molecule has 1 aliphatic rings. The minimum absolute atomic E-state index is 0.0727. The Kier molecular flexibility index (Phi) is 3.91. The van der Waals surface area contributed by atoms with E-state index in [0.717, 1.165) is 0 Å². The molecule has 0 fully saturated rings. The SMILES string of the molecule is Cn1nnnc1SCCC(=O)Nc1ccc2c(c1)OCO2. The van der Waals surface area contributed by atoms with Crippen LogP contribution < -0.4 is 14.8 Å². The zero-order chi connectivity index (χ0) is 14.7. The van der Waals surface area contributed by atoms with Gasteiger partial charge in [0.15, 0.2) is 11.5 Å². The molecule has 2 heterocycles. The van der Waals surface area contributed by atoms with E-state index in [2.05, 4.69) is 20.8 Å². The second-order valence-corrected chi connectivity index (χ2v) is 5.36. The molecule has 0 unspecified atom stereocenters. The highest BCUT2D eigenvalue weighted by Gasteiger charge is 2.14. The molecule has 0 saturated heterocycles. The first-order valence-electron chi connectivity index (χ1n) is 6.27. The predicted octanol–water partition coefficient (Wildman–Crippen LogP) is 1.06. The number of rotatable bonds is 5. The Morgan fingerprint density at radius 2 is 2.29 bits per heavy atom. The van der Waals surface area contributed by atoms with Gasteiger partial charge in [-0.1, -0.05) is 11.8 Å². The Balaban J connectivity index is 1.49. The van der Waals surface area contributed by atoms with Crippen molar-refractivity contribution in [1.82, 2.24) is 20.2 Å². The Labute approximate surface area is 124 Å². The van der Waals surface area contributed by atoms with Gasteiger partial charge in [0.05, 0.1) is 0 Å². The first-order valence-corrected chi connectivity index (χ1v) is 7.25. The molecule has 0 aliphatic carbocycles. The number of aryl methyl sites for hydroxylation is 1. The van der Waals surface area contributed by atoms with Gasteiger partial charge in [-0.15, -0.1) is 5.10 Å². The lowest BCUT2D eigenvalue weighted by molar-refractivity contribution is -0.115. The molecule has 21 heavy (non-hydrogen) atoms. The van der Waals surface area contributed by atoms with Crippen LogP contribution in [0.5, 0.6) is 11.5 Å². The molecule has 9 heteroatoms. The normalized spacial score (nSPS) is 12.4. The molecule has 2 aromatic rings. The lowest BCUT2D eigenvalue weighted by atomic mass is 10.2. The second-order valence-electron chi connectivity index (χ2n) is 4.30. The van der Waals surface area contributed by atoms with E-state index in [9.17, 15) is 4.79 Å². The van der Waals surface area contributed by atoms with Crippen molar-refractivity contribution in [1.29, 1.82) is 0 Å². The molecule has 110 valence electrons. The highest BCUT2D eigenvalue weighted by molar-refractivity contribution is 7.99. The largest absolute Gasteiger partial charge is 0.454 e. The Bertz CT molecular complexity index is 660. The number of hydrogen-bond donors (Lipinski definition) is 1. The van der Waals surface area contributed by atoms with Crippen LogP contribution in [0.2, 0.25) is 0 Å². The Morgan fingerprint density at radius 1 is 1.43 bits per heavy atom. The summed E-state index contributed by atoms with van der Waals surface area (Å²) < 4.78 is 12.0. The minimum Gasteiger partial charge on any atom is -0.454 e. The van der Waals surface area contributed by atoms with E-state index in [4.69, 9.17) is 9.47 Å². The lowest BCUT2D eigenvalue weighted by Gasteiger charge is -2.05. The number of hydrogen-bond acceptors (Lipinski definition) is 7. The molecule has 0 atom stereocenters. The summed E-state index contributed by atoms with van der Waals surface area (Å²) in [5, 5.41) is 14.6. The number of fused-ring (bicyclic) bond motifs is 1. The quantitative estimate of drug-likeness (QED) is 0.826. The summed E-state index contributed by atoms with van der Waals surface area (Å²) in [7, 11) is 1.76. The van der Waals surface area contributed by atoms with Gasteiger partial charge in [-0.2, -0.15) is 0 Å². The molecule has 0 spiro atoms. The molecule has 1 aromatic carbocycles. The molecule has 0 saturated carbocycles. The fourth-order valence-corrected chi connectivity index (χ4v) is 2.56. The van der Waals surface area contributed by atoms with Crippen LogP contribution in [0.1, 0.15) is 6.42 Å². The number of carbonyl (C=O) groups excluding carboxylic acids is 1. The van der Waals surface area contributed by atoms with Crippen molar-refractivity contribution in [3.05, 3.63) is 18.2 Å². The van der Waals surface area contributed by atoms with Gasteiger partial charge in [0, 0.05) is 31.0 Å². The maximum atomic E-state index is 11.9. The molecule has 3 rings (SSSR count). The highest BCUT2D eigenvalue weighted by atomic mass is 32.2. The van der Waals surface area contributed by atoms with E-state index in [-0.39, 0.29) is 12.7 Å². The van der Waals surface area contributed by atoms with Crippen LogP contribution in [0.4, 0.5) is 5.69 Å². The fourth-order valence-electron chi connectivity index (χ4n) is 1.78. The molecule has 1 aromatic heterocycles. The van der Waals surface area contributed by atoms with E-state index in [1.54, 1.807) is 29.9 Å². The van der Waals surface area contributed by atoms with Gasteiger partial charge in [-0.3, -0.25) is 4.79 Å². The third-order valence-corrected chi connectivity index (χ3v) is 3.81. The Hall–Kier alpha value is -2.29. The first-order chi connectivity index (χ1) is 10.2. The average molecular weight is 307 g/mol. The van der Waals surface area contributed by atoms with Crippen LogP contribution in [-0.4, -0.2) is 38.7 Å². The summed E-state index contributed by atoms with van der Waals surface area (Å²) in [6.07, 6.45) is 0.367. The van der Waals surface area contributed by atoms with Gasteiger partial charge < -0.3 is 14.8 Å². The maximum Gasteiger partial charge on any atom is 0.231 e. The van der Waals surface area contributed by atoms with Crippen molar-refractivity contribution in [2.24, 2.45) is 7.05 Å². The van der Waals surface area contributed by atoms with Crippen LogP contribution in [0.25, 0.3) is 0 Å². The standard InChI is InChI=1S/C12H13N5O3S/c1-17-12(14-15-16-17)21-5-4-11(18)13-8-2-3-9-10(6-8)20-7-19-9/h2-3,6H,4-5,7H2,1H3,(H,13,18). The van der Waals surface area contributed by atoms with E-state index in [1.165, 1.54) is 11.8 Å². The molecule has 0 radical (unpaired) electrons. The number of carbonyl (C=O) groups is 1. The van der Waals surface area contributed by atoms with E-state index >= 15 is 0 Å². The van der Waals surface area contributed by atoms with Crippen LogP contribution in [0.3, 0.4) is 0 Å². The smallest absolute Gasteiger partial charge is 0.231 e. The van der Waals surface area contributed by atoms with Crippen LogP contribution in [0, 0.1) is 0 Å².